The summed E-state index contributed by atoms with van der Waals surface area (Å²) in [6.07, 6.45) is 3.54. The number of carbonyl (C=O) groups is 2. The van der Waals surface area contributed by atoms with Crippen molar-refractivity contribution in [3.05, 3.63) is 60.2 Å². The Labute approximate surface area is 178 Å². The molecular formula is C23H28ClN3O2. The molecule has 1 spiro atoms. The molecule has 2 aromatic rings. The number of benzene rings is 2. The van der Waals surface area contributed by atoms with Crippen LogP contribution in [-0.2, 0) is 16.0 Å². The van der Waals surface area contributed by atoms with Gasteiger partial charge >= 0.3 is 0 Å². The second kappa shape index (κ2) is 8.97. The molecule has 4 rings (SSSR count). The molecular weight excluding hydrogens is 386 g/mol. The molecule has 1 aliphatic heterocycles. The fourth-order valence-electron chi connectivity index (χ4n) is 4.22. The van der Waals surface area contributed by atoms with Crippen LogP contribution >= 0.6 is 12.4 Å². The summed E-state index contributed by atoms with van der Waals surface area (Å²) in [5, 5.41) is 6.42. The van der Waals surface area contributed by atoms with Crippen LogP contribution in [0, 0.1) is 11.3 Å². The molecule has 6 heteroatoms. The lowest BCUT2D eigenvalue weighted by molar-refractivity contribution is -0.118. The Morgan fingerprint density at radius 2 is 1.72 bits per heavy atom. The Kier molecular flexibility index (Phi) is 6.60. The predicted molar refractivity (Wildman–Crippen MR) is 119 cm³/mol. The van der Waals surface area contributed by atoms with Gasteiger partial charge in [0, 0.05) is 24.3 Å². The van der Waals surface area contributed by atoms with Gasteiger partial charge in [0.25, 0.3) is 0 Å². The molecule has 1 atom stereocenters. The van der Waals surface area contributed by atoms with Crippen molar-refractivity contribution in [2.45, 2.75) is 25.7 Å². The minimum absolute atomic E-state index is 0. The number of hydrogen-bond donors (Lipinski definition) is 2. The topological polar surface area (TPSA) is 61.4 Å². The van der Waals surface area contributed by atoms with Gasteiger partial charge in [-0.2, -0.15) is 0 Å². The summed E-state index contributed by atoms with van der Waals surface area (Å²) in [6.45, 7) is 2.04. The van der Waals surface area contributed by atoms with Gasteiger partial charge in [0.15, 0.2) is 0 Å². The standard InChI is InChI=1S/C23H27N3O2.ClH/c1-26(19-5-3-2-4-6-19)21(27)15-17-7-9-18(10-8-17)25-22(28)20-16-23(20)11-13-24-14-12-23;/h2-10,20,24H,11-16H2,1H3,(H,25,28);1H. The summed E-state index contributed by atoms with van der Waals surface area (Å²) in [7, 11) is 1.79. The Bertz CT molecular complexity index is 848. The maximum Gasteiger partial charge on any atom is 0.231 e. The highest BCUT2D eigenvalue weighted by atomic mass is 35.5. The SMILES string of the molecule is CN(C(=O)Cc1ccc(NC(=O)C2CC23CCNCC3)cc1)c1ccccc1.Cl. The highest BCUT2D eigenvalue weighted by molar-refractivity contribution is 5.96. The van der Waals surface area contributed by atoms with E-state index in [4.69, 9.17) is 0 Å². The molecule has 2 aromatic carbocycles. The number of halogens is 1. The average molecular weight is 414 g/mol. The van der Waals surface area contributed by atoms with E-state index in [-0.39, 0.29) is 35.6 Å². The summed E-state index contributed by atoms with van der Waals surface area (Å²) in [5.74, 6) is 0.318. The molecule has 1 saturated heterocycles. The monoisotopic (exact) mass is 413 g/mol. The van der Waals surface area contributed by atoms with E-state index in [0.717, 1.165) is 49.3 Å². The number of likely N-dealkylation sites (N-methyl/N-ethyl adjacent to an activating group) is 1. The van der Waals surface area contributed by atoms with E-state index in [1.54, 1.807) is 11.9 Å². The van der Waals surface area contributed by atoms with E-state index >= 15 is 0 Å². The van der Waals surface area contributed by atoms with Crippen molar-refractivity contribution in [2.24, 2.45) is 11.3 Å². The number of nitrogens with one attached hydrogen (secondary N) is 2. The zero-order chi connectivity index (χ0) is 19.6. The average Bonchev–Trinajstić information content (AvgIpc) is 3.43. The predicted octanol–water partition coefficient (Wildman–Crippen LogP) is 3.64. The van der Waals surface area contributed by atoms with Gasteiger partial charge in [-0.3, -0.25) is 9.59 Å². The van der Waals surface area contributed by atoms with Crippen LogP contribution in [0.4, 0.5) is 11.4 Å². The molecule has 5 nitrogen and oxygen atoms in total. The minimum Gasteiger partial charge on any atom is -0.326 e. The van der Waals surface area contributed by atoms with E-state index in [0.29, 0.717) is 6.42 Å². The van der Waals surface area contributed by atoms with E-state index in [2.05, 4.69) is 10.6 Å². The fraction of sp³-hybridized carbons (Fsp3) is 0.391. The zero-order valence-electron chi connectivity index (χ0n) is 16.7. The number of piperidine rings is 1. The Morgan fingerprint density at radius 3 is 2.38 bits per heavy atom. The van der Waals surface area contributed by atoms with Crippen LogP contribution in [0.2, 0.25) is 0 Å². The van der Waals surface area contributed by atoms with E-state index in [9.17, 15) is 9.59 Å². The lowest BCUT2D eigenvalue weighted by atomic mass is 9.92. The lowest BCUT2D eigenvalue weighted by Gasteiger charge is -2.23. The highest BCUT2D eigenvalue weighted by Crippen LogP contribution is 2.58. The third-order valence-electron chi connectivity index (χ3n) is 6.20. The van der Waals surface area contributed by atoms with Gasteiger partial charge < -0.3 is 15.5 Å². The van der Waals surface area contributed by atoms with Crippen molar-refractivity contribution in [2.75, 3.05) is 30.4 Å². The van der Waals surface area contributed by atoms with Crippen LogP contribution in [0.5, 0.6) is 0 Å². The van der Waals surface area contributed by atoms with Crippen molar-refractivity contribution in [3.8, 4) is 0 Å². The van der Waals surface area contributed by atoms with E-state index < -0.39 is 0 Å². The maximum atomic E-state index is 12.6. The van der Waals surface area contributed by atoms with Crippen LogP contribution < -0.4 is 15.5 Å². The van der Waals surface area contributed by atoms with E-state index in [1.165, 1.54) is 0 Å². The number of rotatable bonds is 5. The lowest BCUT2D eigenvalue weighted by Crippen LogP contribution is -2.31. The van der Waals surface area contributed by atoms with Crippen molar-refractivity contribution in [3.63, 3.8) is 0 Å². The third-order valence-corrected chi connectivity index (χ3v) is 6.20. The summed E-state index contributed by atoms with van der Waals surface area (Å²) in [5.41, 5.74) is 2.86. The van der Waals surface area contributed by atoms with Crippen LogP contribution in [0.3, 0.4) is 0 Å². The number of anilines is 2. The number of nitrogens with zero attached hydrogens (tertiary/aromatic N) is 1. The molecule has 0 bridgehead atoms. The van der Waals surface area contributed by atoms with Crippen LogP contribution in [0.15, 0.2) is 54.6 Å². The van der Waals surface area contributed by atoms with Crippen molar-refractivity contribution < 1.29 is 9.59 Å². The molecule has 29 heavy (non-hydrogen) atoms. The molecule has 2 aliphatic rings. The molecule has 1 unspecified atom stereocenters. The van der Waals surface area contributed by atoms with E-state index in [1.807, 2.05) is 54.6 Å². The molecule has 2 amide bonds. The van der Waals surface area contributed by atoms with Crippen molar-refractivity contribution in [1.29, 1.82) is 0 Å². The van der Waals surface area contributed by atoms with Gasteiger partial charge in [-0.05, 0) is 67.6 Å². The largest absolute Gasteiger partial charge is 0.326 e. The highest BCUT2D eigenvalue weighted by Gasteiger charge is 2.57. The molecule has 1 aliphatic carbocycles. The fourth-order valence-corrected chi connectivity index (χ4v) is 4.22. The first-order valence-corrected chi connectivity index (χ1v) is 10.00. The smallest absolute Gasteiger partial charge is 0.231 e. The molecule has 154 valence electrons. The Morgan fingerprint density at radius 1 is 1.07 bits per heavy atom. The number of hydrogen-bond acceptors (Lipinski definition) is 3. The Balaban J connectivity index is 0.00000240. The number of amides is 2. The molecule has 1 heterocycles. The summed E-state index contributed by atoms with van der Waals surface area (Å²) < 4.78 is 0. The first-order chi connectivity index (χ1) is 13.6. The quantitative estimate of drug-likeness (QED) is 0.786. The maximum absolute atomic E-state index is 12.6. The molecule has 1 saturated carbocycles. The van der Waals surface area contributed by atoms with Crippen LogP contribution in [0.25, 0.3) is 0 Å². The van der Waals surface area contributed by atoms with Gasteiger partial charge in [-0.1, -0.05) is 30.3 Å². The summed E-state index contributed by atoms with van der Waals surface area (Å²) >= 11 is 0. The molecule has 0 radical (unpaired) electrons. The summed E-state index contributed by atoms with van der Waals surface area (Å²) in [4.78, 5) is 26.7. The van der Waals surface area contributed by atoms with Crippen LogP contribution in [-0.4, -0.2) is 32.0 Å². The van der Waals surface area contributed by atoms with Crippen molar-refractivity contribution in [1.82, 2.24) is 5.32 Å². The van der Waals surface area contributed by atoms with Gasteiger partial charge in [-0.25, -0.2) is 0 Å². The summed E-state index contributed by atoms with van der Waals surface area (Å²) in [6, 6.07) is 17.2. The third kappa shape index (κ3) is 4.80. The molecule has 0 aromatic heterocycles. The molecule has 2 N–H and O–H groups in total. The van der Waals surface area contributed by atoms with Crippen LogP contribution in [0.1, 0.15) is 24.8 Å². The van der Waals surface area contributed by atoms with Crippen molar-refractivity contribution >= 4 is 35.6 Å². The molecule has 2 fully saturated rings. The second-order valence-corrected chi connectivity index (χ2v) is 8.02. The van der Waals surface area contributed by atoms with Gasteiger partial charge in [-0.15, -0.1) is 12.4 Å². The Hall–Kier alpha value is -2.37. The number of carbonyl (C=O) groups excluding carboxylic acids is 2. The first kappa shape index (κ1) is 21.3. The first-order valence-electron chi connectivity index (χ1n) is 10.00. The normalized spacial score (nSPS) is 19.1. The zero-order valence-corrected chi connectivity index (χ0v) is 17.5. The minimum atomic E-state index is 0. The second-order valence-electron chi connectivity index (χ2n) is 8.02. The van der Waals surface area contributed by atoms with Gasteiger partial charge in [0.2, 0.25) is 11.8 Å². The number of para-hydroxylation sites is 1. The van der Waals surface area contributed by atoms with Gasteiger partial charge in [0.05, 0.1) is 6.42 Å². The van der Waals surface area contributed by atoms with Gasteiger partial charge in [0.1, 0.15) is 0 Å².